The molecule has 0 fully saturated rings. The molecule has 1 aromatic rings. The van der Waals surface area contributed by atoms with Gasteiger partial charge in [-0.05, 0) is 30.7 Å². The lowest BCUT2D eigenvalue weighted by Gasteiger charge is -2.25. The zero-order chi connectivity index (χ0) is 9.10. The smallest absolute Gasteiger partial charge is 0.123 e. The number of anilines is 1. The number of rotatable bonds is 1. The Balaban J connectivity index is 0.000000980. The van der Waals surface area contributed by atoms with E-state index in [0.29, 0.717) is 0 Å². The van der Waals surface area contributed by atoms with Gasteiger partial charge in [0.05, 0.1) is 0 Å². The maximum atomic E-state index is 12.6. The van der Waals surface area contributed by atoms with E-state index >= 15 is 0 Å². The topological polar surface area (TPSA) is 3.24 Å². The normalized spacial score (nSPS) is 15.1. The summed E-state index contributed by atoms with van der Waals surface area (Å²) in [6.07, 6.45) is 5.41. The summed E-state index contributed by atoms with van der Waals surface area (Å²) in [6, 6.07) is 6.67. The second-order valence-corrected chi connectivity index (χ2v) is 3.18. The highest BCUT2D eigenvalue weighted by Crippen LogP contribution is 2.16. The highest BCUT2D eigenvalue weighted by atomic mass is 35.5. The van der Waals surface area contributed by atoms with Gasteiger partial charge in [-0.3, -0.25) is 0 Å². The predicted octanol–water partition coefficient (Wildman–Crippen LogP) is 3.01. The fourth-order valence-corrected chi connectivity index (χ4v) is 1.53. The molecule has 2 rings (SSSR count). The van der Waals surface area contributed by atoms with Crippen molar-refractivity contribution in [3.63, 3.8) is 0 Å². The average molecular weight is 214 g/mol. The van der Waals surface area contributed by atoms with Gasteiger partial charge in [-0.2, -0.15) is 0 Å². The lowest BCUT2D eigenvalue weighted by molar-refractivity contribution is 0.627. The Morgan fingerprint density at radius 3 is 2.36 bits per heavy atom. The first-order valence-corrected chi connectivity index (χ1v) is 4.52. The molecule has 0 aromatic heterocycles. The molecule has 14 heavy (non-hydrogen) atoms. The van der Waals surface area contributed by atoms with Crippen molar-refractivity contribution in [3.8, 4) is 0 Å². The molecule has 0 spiro atoms. The van der Waals surface area contributed by atoms with Crippen LogP contribution < -0.4 is 4.90 Å². The van der Waals surface area contributed by atoms with Crippen LogP contribution in [0, 0.1) is 5.82 Å². The molecule has 0 amide bonds. The van der Waals surface area contributed by atoms with E-state index in [1.165, 1.54) is 12.1 Å². The van der Waals surface area contributed by atoms with E-state index in [2.05, 4.69) is 17.1 Å². The minimum Gasteiger partial charge on any atom is -0.367 e. The van der Waals surface area contributed by atoms with Crippen molar-refractivity contribution in [1.29, 1.82) is 0 Å². The summed E-state index contributed by atoms with van der Waals surface area (Å²) < 4.78 is 12.6. The van der Waals surface area contributed by atoms with Crippen LogP contribution in [-0.2, 0) is 0 Å². The number of benzene rings is 1. The van der Waals surface area contributed by atoms with Crippen LogP contribution in [0.2, 0.25) is 0 Å². The van der Waals surface area contributed by atoms with Crippen molar-refractivity contribution in [2.45, 2.75) is 6.42 Å². The molecule has 1 aliphatic rings. The molecule has 0 aliphatic carbocycles. The van der Waals surface area contributed by atoms with E-state index < -0.39 is 0 Å². The SMILES string of the molecule is Cl.Fc1ccc(N2CC=CCC2)cc1. The minimum atomic E-state index is -0.170. The Kier molecular flexibility index (Phi) is 3.96. The number of nitrogens with zero attached hydrogens (tertiary/aromatic N) is 1. The minimum absolute atomic E-state index is 0. The molecule has 1 heterocycles. The number of hydrogen-bond donors (Lipinski definition) is 0. The lowest BCUT2D eigenvalue weighted by Crippen LogP contribution is -2.26. The maximum Gasteiger partial charge on any atom is 0.123 e. The Morgan fingerprint density at radius 2 is 1.79 bits per heavy atom. The van der Waals surface area contributed by atoms with Crippen LogP contribution in [0.3, 0.4) is 0 Å². The molecule has 1 aliphatic heterocycles. The summed E-state index contributed by atoms with van der Waals surface area (Å²) in [6.45, 7) is 1.97. The first-order chi connectivity index (χ1) is 6.36. The van der Waals surface area contributed by atoms with Crippen molar-refractivity contribution in [2.75, 3.05) is 18.0 Å². The molecule has 3 heteroatoms. The van der Waals surface area contributed by atoms with E-state index in [1.807, 2.05) is 12.1 Å². The van der Waals surface area contributed by atoms with Crippen LogP contribution in [0.25, 0.3) is 0 Å². The van der Waals surface area contributed by atoms with Crippen molar-refractivity contribution in [1.82, 2.24) is 0 Å². The number of hydrogen-bond acceptors (Lipinski definition) is 1. The fraction of sp³-hybridized carbons (Fsp3) is 0.273. The first kappa shape index (κ1) is 11.1. The number of halogens is 2. The standard InChI is InChI=1S/C11H12FN.ClH/c12-10-4-6-11(7-5-10)13-8-2-1-3-9-13;/h1-2,4-7H,3,8-9H2;1H. The molecular formula is C11H13ClFN. The molecule has 0 saturated heterocycles. The van der Waals surface area contributed by atoms with E-state index in [4.69, 9.17) is 0 Å². The van der Waals surface area contributed by atoms with Crippen molar-refractivity contribution >= 4 is 18.1 Å². The van der Waals surface area contributed by atoms with Gasteiger partial charge in [-0.15, -0.1) is 12.4 Å². The quantitative estimate of drug-likeness (QED) is 0.649. The third-order valence-corrected chi connectivity index (χ3v) is 2.25. The van der Waals surface area contributed by atoms with Crippen LogP contribution in [0.1, 0.15) is 6.42 Å². The molecule has 0 unspecified atom stereocenters. The maximum absolute atomic E-state index is 12.6. The van der Waals surface area contributed by atoms with Gasteiger partial charge in [0, 0.05) is 18.8 Å². The molecule has 0 atom stereocenters. The third-order valence-electron chi connectivity index (χ3n) is 2.25. The first-order valence-electron chi connectivity index (χ1n) is 4.52. The Morgan fingerprint density at radius 1 is 1.07 bits per heavy atom. The molecule has 76 valence electrons. The van der Waals surface area contributed by atoms with Crippen LogP contribution >= 0.6 is 12.4 Å². The van der Waals surface area contributed by atoms with Gasteiger partial charge in [-0.25, -0.2) is 4.39 Å². The second-order valence-electron chi connectivity index (χ2n) is 3.18. The van der Waals surface area contributed by atoms with Crippen molar-refractivity contribution < 1.29 is 4.39 Å². The van der Waals surface area contributed by atoms with Crippen LogP contribution in [0.5, 0.6) is 0 Å². The van der Waals surface area contributed by atoms with Crippen molar-refractivity contribution in [3.05, 3.63) is 42.2 Å². The molecular weight excluding hydrogens is 201 g/mol. The molecule has 0 saturated carbocycles. The highest BCUT2D eigenvalue weighted by Gasteiger charge is 2.06. The van der Waals surface area contributed by atoms with Gasteiger partial charge < -0.3 is 4.90 Å². The summed E-state index contributed by atoms with van der Waals surface area (Å²) in [5.41, 5.74) is 1.10. The lowest BCUT2D eigenvalue weighted by atomic mass is 10.2. The van der Waals surface area contributed by atoms with E-state index in [9.17, 15) is 4.39 Å². The van der Waals surface area contributed by atoms with Gasteiger partial charge in [0.25, 0.3) is 0 Å². The predicted molar refractivity (Wildman–Crippen MR) is 59.6 cm³/mol. The molecule has 1 aromatic carbocycles. The monoisotopic (exact) mass is 213 g/mol. The van der Waals surface area contributed by atoms with E-state index in [-0.39, 0.29) is 18.2 Å². The Hall–Kier alpha value is -1.02. The summed E-state index contributed by atoms with van der Waals surface area (Å²) in [5, 5.41) is 0. The summed E-state index contributed by atoms with van der Waals surface area (Å²) in [4.78, 5) is 2.24. The van der Waals surface area contributed by atoms with Gasteiger partial charge in [0.15, 0.2) is 0 Å². The van der Waals surface area contributed by atoms with E-state index in [1.54, 1.807) is 0 Å². The largest absolute Gasteiger partial charge is 0.367 e. The Bertz CT molecular complexity index is 308. The van der Waals surface area contributed by atoms with Gasteiger partial charge in [0.2, 0.25) is 0 Å². The van der Waals surface area contributed by atoms with Crippen LogP contribution in [-0.4, -0.2) is 13.1 Å². The van der Waals surface area contributed by atoms with Gasteiger partial charge >= 0.3 is 0 Å². The van der Waals surface area contributed by atoms with Crippen molar-refractivity contribution in [2.24, 2.45) is 0 Å². The molecule has 0 N–H and O–H groups in total. The molecule has 0 radical (unpaired) electrons. The zero-order valence-corrected chi connectivity index (χ0v) is 8.64. The second kappa shape index (κ2) is 5.01. The zero-order valence-electron chi connectivity index (χ0n) is 7.82. The summed E-state index contributed by atoms with van der Waals surface area (Å²) >= 11 is 0. The average Bonchev–Trinajstić information content (AvgIpc) is 2.20. The van der Waals surface area contributed by atoms with Crippen LogP contribution in [0.4, 0.5) is 10.1 Å². The molecule has 0 bridgehead atoms. The van der Waals surface area contributed by atoms with E-state index in [0.717, 1.165) is 25.2 Å². The van der Waals surface area contributed by atoms with Gasteiger partial charge in [0.1, 0.15) is 5.82 Å². The van der Waals surface area contributed by atoms with Crippen LogP contribution in [0.15, 0.2) is 36.4 Å². The summed E-state index contributed by atoms with van der Waals surface area (Å²) in [7, 11) is 0. The third kappa shape index (κ3) is 2.48. The highest BCUT2D eigenvalue weighted by molar-refractivity contribution is 5.85. The Labute approximate surface area is 89.6 Å². The molecule has 1 nitrogen and oxygen atoms in total. The summed E-state index contributed by atoms with van der Waals surface area (Å²) in [5.74, 6) is -0.170. The fourth-order valence-electron chi connectivity index (χ4n) is 1.53. The van der Waals surface area contributed by atoms with Gasteiger partial charge in [-0.1, -0.05) is 12.2 Å².